The van der Waals surface area contributed by atoms with Crippen molar-refractivity contribution in [1.82, 2.24) is 0 Å². The number of ether oxygens (including phenoxy) is 1. The van der Waals surface area contributed by atoms with Crippen molar-refractivity contribution in [3.63, 3.8) is 0 Å². The zero-order valence-corrected chi connectivity index (χ0v) is 9.90. The van der Waals surface area contributed by atoms with E-state index in [-0.39, 0.29) is 18.9 Å². The van der Waals surface area contributed by atoms with Gasteiger partial charge in [0.05, 0.1) is 13.2 Å². The second-order valence-electron chi connectivity index (χ2n) is 3.45. The third kappa shape index (κ3) is 3.92. The van der Waals surface area contributed by atoms with Crippen molar-refractivity contribution in [2.75, 3.05) is 11.9 Å². The smallest absolute Gasteiger partial charge is 0.228 e. The Kier molecular flexibility index (Phi) is 5.23. The Morgan fingerprint density at radius 3 is 2.94 bits per heavy atom. The minimum Gasteiger partial charge on any atom is -0.494 e. The first-order chi connectivity index (χ1) is 8.21. The van der Waals surface area contributed by atoms with Crippen LogP contribution in [0.15, 0.2) is 30.9 Å². The maximum atomic E-state index is 11.3. The van der Waals surface area contributed by atoms with Crippen LogP contribution in [0.25, 0.3) is 0 Å². The van der Waals surface area contributed by atoms with Gasteiger partial charge in [0.25, 0.3) is 0 Å². The minimum atomic E-state index is -0.131. The number of hydrogen-bond acceptors (Lipinski definition) is 3. The molecule has 4 nitrogen and oxygen atoms in total. The van der Waals surface area contributed by atoms with E-state index in [4.69, 9.17) is 4.74 Å². The van der Waals surface area contributed by atoms with Gasteiger partial charge in [0.1, 0.15) is 5.75 Å². The molecule has 0 radical (unpaired) electrons. The summed E-state index contributed by atoms with van der Waals surface area (Å²) in [6.45, 7) is 5.78. The molecular formula is C13H17NO3. The van der Waals surface area contributed by atoms with Crippen molar-refractivity contribution in [2.24, 2.45) is 0 Å². The van der Waals surface area contributed by atoms with Crippen molar-refractivity contribution in [2.45, 2.75) is 20.0 Å². The fourth-order valence-electron chi connectivity index (χ4n) is 1.42. The zero-order valence-electron chi connectivity index (χ0n) is 9.90. The second-order valence-corrected chi connectivity index (χ2v) is 3.45. The third-order valence-electron chi connectivity index (χ3n) is 2.14. The minimum absolute atomic E-state index is 0.125. The molecule has 1 rings (SSSR count). The van der Waals surface area contributed by atoms with Gasteiger partial charge in [-0.15, -0.1) is 6.58 Å². The maximum absolute atomic E-state index is 11.3. The molecule has 0 bridgehead atoms. The van der Waals surface area contributed by atoms with Gasteiger partial charge < -0.3 is 15.2 Å². The van der Waals surface area contributed by atoms with E-state index in [1.807, 2.05) is 6.92 Å². The van der Waals surface area contributed by atoms with Gasteiger partial charge >= 0.3 is 0 Å². The van der Waals surface area contributed by atoms with Crippen LogP contribution < -0.4 is 10.1 Å². The molecule has 0 aliphatic rings. The third-order valence-corrected chi connectivity index (χ3v) is 2.14. The zero-order chi connectivity index (χ0) is 12.7. The first kappa shape index (κ1) is 13.3. The second kappa shape index (κ2) is 6.70. The molecule has 0 saturated heterocycles. The van der Waals surface area contributed by atoms with Crippen LogP contribution >= 0.6 is 0 Å². The van der Waals surface area contributed by atoms with Gasteiger partial charge in [0.15, 0.2) is 0 Å². The average molecular weight is 235 g/mol. The Morgan fingerprint density at radius 2 is 2.35 bits per heavy atom. The maximum Gasteiger partial charge on any atom is 0.228 e. The topological polar surface area (TPSA) is 58.6 Å². The summed E-state index contributed by atoms with van der Waals surface area (Å²) in [4.78, 5) is 11.3. The normalized spacial score (nSPS) is 9.76. The van der Waals surface area contributed by atoms with Crippen LogP contribution in [-0.4, -0.2) is 17.6 Å². The lowest BCUT2D eigenvalue weighted by atomic mass is 10.2. The van der Waals surface area contributed by atoms with Crippen LogP contribution in [0.4, 0.5) is 5.69 Å². The largest absolute Gasteiger partial charge is 0.494 e. The molecule has 0 heterocycles. The van der Waals surface area contributed by atoms with Crippen LogP contribution in [-0.2, 0) is 11.4 Å². The standard InChI is InChI=1S/C13H17NO3/c1-3-5-13(16)14-11-6-7-12(17-4-2)10(8-11)9-15/h3,6-8,15H,1,4-5,9H2,2H3,(H,14,16). The van der Waals surface area contributed by atoms with Crippen molar-refractivity contribution in [3.8, 4) is 5.75 Å². The van der Waals surface area contributed by atoms with Crippen LogP contribution in [0, 0.1) is 0 Å². The van der Waals surface area contributed by atoms with E-state index >= 15 is 0 Å². The number of anilines is 1. The average Bonchev–Trinajstić information content (AvgIpc) is 2.31. The van der Waals surface area contributed by atoms with Crippen molar-refractivity contribution < 1.29 is 14.6 Å². The number of carbonyl (C=O) groups is 1. The number of aliphatic hydroxyl groups excluding tert-OH is 1. The molecule has 0 aromatic heterocycles. The fourth-order valence-corrected chi connectivity index (χ4v) is 1.42. The summed E-state index contributed by atoms with van der Waals surface area (Å²) in [5.74, 6) is 0.504. The van der Waals surface area contributed by atoms with Crippen LogP contribution in [0.3, 0.4) is 0 Å². The lowest BCUT2D eigenvalue weighted by Gasteiger charge is -2.11. The molecular weight excluding hydrogens is 218 g/mol. The van der Waals surface area contributed by atoms with Gasteiger partial charge in [-0.2, -0.15) is 0 Å². The van der Waals surface area contributed by atoms with E-state index in [1.165, 1.54) is 6.08 Å². The predicted octanol–water partition coefficient (Wildman–Crippen LogP) is 2.09. The Labute approximate surface area is 101 Å². The highest BCUT2D eigenvalue weighted by atomic mass is 16.5. The van der Waals surface area contributed by atoms with Gasteiger partial charge in [-0.25, -0.2) is 0 Å². The van der Waals surface area contributed by atoms with Crippen LogP contribution in [0.5, 0.6) is 5.75 Å². The number of hydrogen-bond donors (Lipinski definition) is 2. The molecule has 17 heavy (non-hydrogen) atoms. The van der Waals surface area contributed by atoms with E-state index in [0.29, 0.717) is 23.6 Å². The summed E-state index contributed by atoms with van der Waals surface area (Å²) in [5, 5.41) is 11.9. The first-order valence-electron chi connectivity index (χ1n) is 5.48. The summed E-state index contributed by atoms with van der Waals surface area (Å²) in [7, 11) is 0. The number of benzene rings is 1. The predicted molar refractivity (Wildman–Crippen MR) is 67.0 cm³/mol. The Hall–Kier alpha value is -1.81. The van der Waals surface area contributed by atoms with E-state index < -0.39 is 0 Å². The highest BCUT2D eigenvalue weighted by Crippen LogP contribution is 2.23. The van der Waals surface area contributed by atoms with Crippen molar-refractivity contribution in [3.05, 3.63) is 36.4 Å². The molecule has 0 aliphatic carbocycles. The molecule has 0 spiro atoms. The van der Waals surface area contributed by atoms with Gasteiger partial charge in [0, 0.05) is 17.7 Å². The van der Waals surface area contributed by atoms with E-state index in [2.05, 4.69) is 11.9 Å². The summed E-state index contributed by atoms with van der Waals surface area (Å²) < 4.78 is 5.35. The van der Waals surface area contributed by atoms with E-state index in [0.717, 1.165) is 0 Å². The SMILES string of the molecule is C=CCC(=O)Nc1ccc(OCC)c(CO)c1. The molecule has 1 amide bonds. The molecule has 0 fully saturated rings. The number of amides is 1. The van der Waals surface area contributed by atoms with Gasteiger partial charge in [-0.1, -0.05) is 6.08 Å². The summed E-state index contributed by atoms with van der Waals surface area (Å²) in [6, 6.07) is 5.18. The summed E-state index contributed by atoms with van der Waals surface area (Å²) >= 11 is 0. The van der Waals surface area contributed by atoms with E-state index in [9.17, 15) is 9.90 Å². The summed E-state index contributed by atoms with van der Waals surface area (Å²) in [6.07, 6.45) is 1.80. The Balaban J connectivity index is 2.81. The number of nitrogens with one attached hydrogen (secondary N) is 1. The molecule has 1 aromatic rings. The number of carbonyl (C=O) groups excluding carboxylic acids is 1. The molecule has 4 heteroatoms. The van der Waals surface area contributed by atoms with E-state index in [1.54, 1.807) is 18.2 Å². The van der Waals surface area contributed by atoms with Crippen molar-refractivity contribution >= 4 is 11.6 Å². The van der Waals surface area contributed by atoms with Gasteiger partial charge in [-0.05, 0) is 25.1 Å². The monoisotopic (exact) mass is 235 g/mol. The van der Waals surface area contributed by atoms with Gasteiger partial charge in [-0.3, -0.25) is 4.79 Å². The Bertz CT molecular complexity index is 402. The molecule has 2 N–H and O–H groups in total. The first-order valence-corrected chi connectivity index (χ1v) is 5.48. The molecule has 1 aromatic carbocycles. The van der Waals surface area contributed by atoms with Gasteiger partial charge in [0.2, 0.25) is 5.91 Å². The quantitative estimate of drug-likeness (QED) is 0.742. The lowest BCUT2D eigenvalue weighted by molar-refractivity contribution is -0.115. The number of rotatable bonds is 6. The Morgan fingerprint density at radius 1 is 1.59 bits per heavy atom. The fraction of sp³-hybridized carbons (Fsp3) is 0.308. The molecule has 92 valence electrons. The number of aliphatic hydroxyl groups is 1. The molecule has 0 unspecified atom stereocenters. The van der Waals surface area contributed by atoms with Crippen molar-refractivity contribution in [1.29, 1.82) is 0 Å². The highest BCUT2D eigenvalue weighted by molar-refractivity contribution is 5.91. The molecule has 0 saturated carbocycles. The lowest BCUT2D eigenvalue weighted by Crippen LogP contribution is -2.10. The van der Waals surface area contributed by atoms with Crippen LogP contribution in [0.2, 0.25) is 0 Å². The summed E-state index contributed by atoms with van der Waals surface area (Å²) in [5.41, 5.74) is 1.30. The highest BCUT2D eigenvalue weighted by Gasteiger charge is 2.05. The van der Waals surface area contributed by atoms with Crippen LogP contribution in [0.1, 0.15) is 18.9 Å². The molecule has 0 atom stereocenters. The molecule has 0 aliphatic heterocycles.